The van der Waals surface area contributed by atoms with E-state index in [0.29, 0.717) is 34.0 Å². The molecule has 0 aliphatic carbocycles. The van der Waals surface area contributed by atoms with Crippen molar-refractivity contribution in [3.63, 3.8) is 0 Å². The third-order valence-corrected chi connectivity index (χ3v) is 5.10. The third kappa shape index (κ3) is 6.94. The van der Waals surface area contributed by atoms with Crippen molar-refractivity contribution < 1.29 is 14.3 Å². The molecule has 3 aromatic carbocycles. The molecule has 0 saturated heterocycles. The summed E-state index contributed by atoms with van der Waals surface area (Å²) in [4.78, 5) is 27.7. The normalized spacial score (nSPS) is 10.8. The molecule has 32 heavy (non-hydrogen) atoms. The van der Waals surface area contributed by atoms with Crippen molar-refractivity contribution in [2.45, 2.75) is 12.8 Å². The molecule has 3 aromatic rings. The summed E-state index contributed by atoms with van der Waals surface area (Å²) in [7, 11) is 4.06. The number of hydrogen-bond acceptors (Lipinski definition) is 4. The van der Waals surface area contributed by atoms with Crippen LogP contribution < -0.4 is 10.1 Å². The smallest absolute Gasteiger partial charge is 0.228 e. The van der Waals surface area contributed by atoms with E-state index in [0.717, 1.165) is 18.7 Å². The van der Waals surface area contributed by atoms with Crippen LogP contribution in [0, 0.1) is 0 Å². The predicted molar refractivity (Wildman–Crippen MR) is 129 cm³/mol. The average molecular weight is 451 g/mol. The van der Waals surface area contributed by atoms with E-state index in [1.807, 2.05) is 32.3 Å². The highest BCUT2D eigenvalue weighted by atomic mass is 35.5. The summed E-state index contributed by atoms with van der Waals surface area (Å²) in [6.45, 7) is 1.60. The minimum Gasteiger partial charge on any atom is -0.494 e. The largest absolute Gasteiger partial charge is 0.494 e. The zero-order valence-electron chi connectivity index (χ0n) is 18.3. The monoisotopic (exact) mass is 450 g/mol. The molecular formula is C26H27ClN2O3. The van der Waals surface area contributed by atoms with Crippen LogP contribution in [0.2, 0.25) is 5.02 Å². The zero-order valence-corrected chi connectivity index (χ0v) is 19.1. The molecule has 0 bridgehead atoms. The predicted octanol–water partition coefficient (Wildman–Crippen LogP) is 5.08. The van der Waals surface area contributed by atoms with E-state index in [9.17, 15) is 9.59 Å². The number of ether oxygens (including phenoxy) is 1. The maximum Gasteiger partial charge on any atom is 0.228 e. The second-order valence-corrected chi connectivity index (χ2v) is 8.19. The topological polar surface area (TPSA) is 58.6 Å². The number of anilines is 1. The highest BCUT2D eigenvalue weighted by Crippen LogP contribution is 2.21. The zero-order chi connectivity index (χ0) is 22.9. The van der Waals surface area contributed by atoms with Crippen molar-refractivity contribution in [3.05, 3.63) is 94.5 Å². The van der Waals surface area contributed by atoms with Crippen LogP contribution in [0.4, 0.5) is 5.69 Å². The summed E-state index contributed by atoms with van der Waals surface area (Å²) in [6.07, 6.45) is 1.00. The molecule has 3 rings (SSSR count). The lowest BCUT2D eigenvalue weighted by molar-refractivity contribution is -0.115. The van der Waals surface area contributed by atoms with Crippen LogP contribution in [0.1, 0.15) is 27.9 Å². The fourth-order valence-electron chi connectivity index (χ4n) is 3.24. The summed E-state index contributed by atoms with van der Waals surface area (Å²) >= 11 is 6.12. The number of rotatable bonds is 10. The Bertz CT molecular complexity index is 1050. The van der Waals surface area contributed by atoms with Gasteiger partial charge in [0.05, 0.1) is 13.0 Å². The molecule has 0 saturated carbocycles. The van der Waals surface area contributed by atoms with E-state index in [-0.39, 0.29) is 18.1 Å². The first-order valence-electron chi connectivity index (χ1n) is 10.5. The summed E-state index contributed by atoms with van der Waals surface area (Å²) in [5.74, 6) is 0.385. The second-order valence-electron chi connectivity index (χ2n) is 7.75. The summed E-state index contributed by atoms with van der Waals surface area (Å²) in [5.41, 5.74) is 2.28. The molecule has 0 radical (unpaired) electrons. The standard InChI is InChI=1S/C26H27ClN2O3/c1-29(2)15-6-16-32-23-13-11-22(12-14-23)28-25(30)17-20-9-10-21(27)18-24(20)26(31)19-7-4-3-5-8-19/h3-5,7-14,18H,6,15-17H2,1-2H3,(H,28,30). The van der Waals surface area contributed by atoms with Gasteiger partial charge >= 0.3 is 0 Å². The van der Waals surface area contributed by atoms with Gasteiger partial charge in [0.2, 0.25) is 5.91 Å². The van der Waals surface area contributed by atoms with Gasteiger partial charge in [-0.3, -0.25) is 9.59 Å². The maximum atomic E-state index is 12.9. The molecule has 0 aromatic heterocycles. The quantitative estimate of drug-likeness (QED) is 0.345. The van der Waals surface area contributed by atoms with Gasteiger partial charge in [-0.15, -0.1) is 0 Å². The Morgan fingerprint density at radius 1 is 0.969 bits per heavy atom. The highest BCUT2D eigenvalue weighted by molar-refractivity contribution is 6.31. The van der Waals surface area contributed by atoms with Gasteiger partial charge in [0, 0.05) is 28.4 Å². The number of carbonyl (C=O) groups is 2. The lowest BCUT2D eigenvalue weighted by Gasteiger charge is -2.12. The Morgan fingerprint density at radius 3 is 2.38 bits per heavy atom. The molecule has 0 heterocycles. The van der Waals surface area contributed by atoms with Gasteiger partial charge in [-0.1, -0.05) is 48.0 Å². The SMILES string of the molecule is CN(C)CCCOc1ccc(NC(=O)Cc2ccc(Cl)cc2C(=O)c2ccccc2)cc1. The van der Waals surface area contributed by atoms with E-state index in [1.54, 1.807) is 54.6 Å². The van der Waals surface area contributed by atoms with Crippen LogP contribution in [0.25, 0.3) is 0 Å². The molecule has 0 fully saturated rings. The minimum atomic E-state index is -0.214. The van der Waals surface area contributed by atoms with Crippen molar-refractivity contribution in [2.24, 2.45) is 0 Å². The van der Waals surface area contributed by atoms with E-state index >= 15 is 0 Å². The lowest BCUT2D eigenvalue weighted by atomic mass is 9.96. The second kappa shape index (κ2) is 11.5. The molecule has 1 amide bonds. The number of ketones is 1. The van der Waals surface area contributed by atoms with Crippen molar-refractivity contribution in [2.75, 3.05) is 32.6 Å². The van der Waals surface area contributed by atoms with Crippen LogP contribution in [0.15, 0.2) is 72.8 Å². The van der Waals surface area contributed by atoms with Gasteiger partial charge in [-0.25, -0.2) is 0 Å². The molecule has 0 atom stereocenters. The van der Waals surface area contributed by atoms with Gasteiger partial charge < -0.3 is 15.0 Å². The molecular weight excluding hydrogens is 424 g/mol. The molecule has 166 valence electrons. The van der Waals surface area contributed by atoms with Crippen molar-refractivity contribution in [1.82, 2.24) is 4.90 Å². The number of halogens is 1. The van der Waals surface area contributed by atoms with E-state index in [4.69, 9.17) is 16.3 Å². The Morgan fingerprint density at radius 2 is 1.69 bits per heavy atom. The Hall–Kier alpha value is -3.15. The lowest BCUT2D eigenvalue weighted by Crippen LogP contribution is -2.17. The fourth-order valence-corrected chi connectivity index (χ4v) is 3.41. The van der Waals surface area contributed by atoms with Gasteiger partial charge in [0.1, 0.15) is 5.75 Å². The molecule has 5 nitrogen and oxygen atoms in total. The third-order valence-electron chi connectivity index (χ3n) is 4.86. The average Bonchev–Trinajstić information content (AvgIpc) is 2.79. The molecule has 0 unspecified atom stereocenters. The number of benzene rings is 3. The van der Waals surface area contributed by atoms with E-state index in [1.165, 1.54) is 0 Å². The molecule has 1 N–H and O–H groups in total. The number of carbonyl (C=O) groups excluding carboxylic acids is 2. The van der Waals surface area contributed by atoms with Crippen molar-refractivity contribution in [3.8, 4) is 5.75 Å². The Balaban J connectivity index is 1.62. The number of hydrogen-bond donors (Lipinski definition) is 1. The van der Waals surface area contributed by atoms with Crippen LogP contribution in [-0.2, 0) is 11.2 Å². The number of nitrogens with zero attached hydrogens (tertiary/aromatic N) is 1. The summed E-state index contributed by atoms with van der Waals surface area (Å²) < 4.78 is 5.72. The first kappa shape index (κ1) is 23.5. The van der Waals surface area contributed by atoms with E-state index < -0.39 is 0 Å². The van der Waals surface area contributed by atoms with Crippen LogP contribution in [0.5, 0.6) is 5.75 Å². The molecule has 0 spiro atoms. The van der Waals surface area contributed by atoms with Gasteiger partial charge in [-0.2, -0.15) is 0 Å². The van der Waals surface area contributed by atoms with Crippen LogP contribution in [-0.4, -0.2) is 43.8 Å². The highest BCUT2D eigenvalue weighted by Gasteiger charge is 2.16. The summed E-state index contributed by atoms with van der Waals surface area (Å²) in [5, 5.41) is 3.33. The van der Waals surface area contributed by atoms with E-state index in [2.05, 4.69) is 10.2 Å². The Labute approximate surface area is 194 Å². The number of nitrogens with one attached hydrogen (secondary N) is 1. The number of amides is 1. The molecule has 0 aliphatic rings. The van der Waals surface area contributed by atoms with Crippen LogP contribution >= 0.6 is 11.6 Å². The first-order valence-corrected chi connectivity index (χ1v) is 10.9. The van der Waals surface area contributed by atoms with Crippen LogP contribution in [0.3, 0.4) is 0 Å². The van der Waals surface area contributed by atoms with Crippen molar-refractivity contribution >= 4 is 29.0 Å². The molecule has 0 aliphatic heterocycles. The fraction of sp³-hybridized carbons (Fsp3) is 0.231. The Kier molecular flexibility index (Phi) is 8.42. The van der Waals surface area contributed by atoms with Gasteiger partial charge in [0.15, 0.2) is 5.78 Å². The van der Waals surface area contributed by atoms with Gasteiger partial charge in [0.25, 0.3) is 0 Å². The minimum absolute atomic E-state index is 0.0634. The maximum absolute atomic E-state index is 12.9. The van der Waals surface area contributed by atoms with Crippen molar-refractivity contribution in [1.29, 1.82) is 0 Å². The summed E-state index contributed by atoms with van der Waals surface area (Å²) in [6, 6.07) is 21.3. The first-order chi connectivity index (χ1) is 15.4. The molecule has 6 heteroatoms. The van der Waals surface area contributed by atoms with Gasteiger partial charge in [-0.05, 0) is 62.5 Å².